The van der Waals surface area contributed by atoms with Crippen molar-refractivity contribution >= 4 is 24.8 Å². The fraction of sp³-hybridized carbons (Fsp3) is 0.400. The average Bonchev–Trinajstić information content (AvgIpc) is 2.66. The summed E-state index contributed by atoms with van der Waals surface area (Å²) in [5.74, 6) is -0.0489. The van der Waals surface area contributed by atoms with Gasteiger partial charge in [0.15, 0.2) is 23.1 Å². The summed E-state index contributed by atoms with van der Waals surface area (Å²) in [6.45, 7) is 6.21. The van der Waals surface area contributed by atoms with E-state index in [1.807, 2.05) is 0 Å². The van der Waals surface area contributed by atoms with Crippen molar-refractivity contribution in [1.29, 1.82) is 0 Å². The Morgan fingerprint density at radius 2 is 1.00 bits per heavy atom. The molecule has 0 spiro atoms. The molecule has 0 aromatic heterocycles. The van der Waals surface area contributed by atoms with Crippen LogP contribution in [0.15, 0.2) is 48.5 Å². The van der Waals surface area contributed by atoms with E-state index in [2.05, 4.69) is 9.80 Å². The van der Waals surface area contributed by atoms with E-state index >= 15 is 0 Å². The Bertz CT molecular complexity index is 642. The Morgan fingerprint density at radius 1 is 0.643 bits per heavy atom. The summed E-state index contributed by atoms with van der Waals surface area (Å²) in [7, 11) is 0. The summed E-state index contributed by atoms with van der Waals surface area (Å²) in [4.78, 5) is 4.60. The molecule has 8 heteroatoms. The number of para-hydroxylation sites is 2. The zero-order chi connectivity index (χ0) is 18.2. The van der Waals surface area contributed by atoms with Crippen molar-refractivity contribution in [2.75, 3.05) is 52.5 Å². The zero-order valence-electron chi connectivity index (χ0n) is 15.6. The molecular formula is C20H26Cl2F2N2O2. The first-order valence-corrected chi connectivity index (χ1v) is 8.92. The van der Waals surface area contributed by atoms with Crippen molar-refractivity contribution < 1.29 is 18.3 Å². The molecule has 0 unspecified atom stereocenters. The molecule has 1 saturated heterocycles. The van der Waals surface area contributed by atoms with Gasteiger partial charge in [0.25, 0.3) is 0 Å². The maximum atomic E-state index is 13.5. The highest BCUT2D eigenvalue weighted by Gasteiger charge is 2.17. The van der Waals surface area contributed by atoms with Gasteiger partial charge >= 0.3 is 0 Å². The minimum absolute atomic E-state index is 0. The number of piperazine rings is 1. The van der Waals surface area contributed by atoms with Crippen LogP contribution in [0, 0.1) is 11.6 Å². The fourth-order valence-corrected chi connectivity index (χ4v) is 2.93. The number of nitrogens with zero attached hydrogens (tertiary/aromatic N) is 2. The van der Waals surface area contributed by atoms with Crippen LogP contribution < -0.4 is 9.47 Å². The number of hydrogen-bond donors (Lipinski definition) is 0. The second-order valence-corrected chi connectivity index (χ2v) is 6.24. The van der Waals surface area contributed by atoms with E-state index < -0.39 is 0 Å². The molecule has 1 aliphatic heterocycles. The van der Waals surface area contributed by atoms with Crippen molar-refractivity contribution in [1.82, 2.24) is 9.80 Å². The lowest BCUT2D eigenvalue weighted by Crippen LogP contribution is -2.48. The molecule has 28 heavy (non-hydrogen) atoms. The van der Waals surface area contributed by atoms with Gasteiger partial charge in [0.1, 0.15) is 13.2 Å². The van der Waals surface area contributed by atoms with Gasteiger partial charge in [0.2, 0.25) is 0 Å². The first-order chi connectivity index (χ1) is 12.7. The van der Waals surface area contributed by atoms with Crippen LogP contribution in [0.25, 0.3) is 0 Å². The molecule has 0 aliphatic carbocycles. The molecular weight excluding hydrogens is 409 g/mol. The third-order valence-corrected chi connectivity index (χ3v) is 4.47. The largest absolute Gasteiger partial charge is 0.489 e. The summed E-state index contributed by atoms with van der Waals surface area (Å²) >= 11 is 0. The summed E-state index contributed by atoms with van der Waals surface area (Å²) in [6, 6.07) is 12.9. The molecule has 3 rings (SSSR count). The van der Waals surface area contributed by atoms with Crippen LogP contribution in [-0.4, -0.2) is 62.3 Å². The molecule has 1 fully saturated rings. The number of rotatable bonds is 8. The van der Waals surface area contributed by atoms with Crippen LogP contribution in [0.5, 0.6) is 11.5 Å². The molecule has 4 nitrogen and oxygen atoms in total. The second-order valence-electron chi connectivity index (χ2n) is 6.24. The van der Waals surface area contributed by atoms with Gasteiger partial charge < -0.3 is 9.47 Å². The Hall–Kier alpha value is -1.60. The van der Waals surface area contributed by atoms with Crippen LogP contribution in [0.2, 0.25) is 0 Å². The SMILES string of the molecule is Cl.Cl.Fc1ccccc1OCCN1CCN(CCOc2ccccc2F)CC1. The topological polar surface area (TPSA) is 24.9 Å². The first-order valence-electron chi connectivity index (χ1n) is 8.92. The highest BCUT2D eigenvalue weighted by Crippen LogP contribution is 2.16. The average molecular weight is 435 g/mol. The summed E-state index contributed by atoms with van der Waals surface area (Å²) in [5.41, 5.74) is 0. The number of ether oxygens (including phenoxy) is 2. The van der Waals surface area contributed by atoms with Gasteiger partial charge in [-0.3, -0.25) is 9.80 Å². The molecule has 1 aliphatic rings. The van der Waals surface area contributed by atoms with Crippen molar-refractivity contribution in [3.05, 3.63) is 60.2 Å². The zero-order valence-corrected chi connectivity index (χ0v) is 17.2. The lowest BCUT2D eigenvalue weighted by molar-refractivity contribution is 0.104. The monoisotopic (exact) mass is 434 g/mol. The van der Waals surface area contributed by atoms with Crippen LogP contribution in [0.1, 0.15) is 0 Å². The molecule has 2 aromatic rings. The van der Waals surface area contributed by atoms with Gasteiger partial charge in [0, 0.05) is 39.3 Å². The third kappa shape index (κ3) is 7.43. The van der Waals surface area contributed by atoms with Crippen molar-refractivity contribution in [3.63, 3.8) is 0 Å². The van der Waals surface area contributed by atoms with E-state index in [1.165, 1.54) is 12.1 Å². The summed E-state index contributed by atoms with van der Waals surface area (Å²) in [6.07, 6.45) is 0. The molecule has 1 heterocycles. The molecule has 2 aromatic carbocycles. The normalized spacial score (nSPS) is 14.6. The predicted molar refractivity (Wildman–Crippen MR) is 111 cm³/mol. The van der Waals surface area contributed by atoms with E-state index in [0.717, 1.165) is 39.3 Å². The van der Waals surface area contributed by atoms with Gasteiger partial charge in [-0.2, -0.15) is 0 Å². The Balaban J connectivity index is 0.00000196. The van der Waals surface area contributed by atoms with Gasteiger partial charge in [0.05, 0.1) is 0 Å². The predicted octanol–water partition coefficient (Wildman–Crippen LogP) is 3.88. The lowest BCUT2D eigenvalue weighted by atomic mass is 10.3. The van der Waals surface area contributed by atoms with E-state index in [-0.39, 0.29) is 36.4 Å². The van der Waals surface area contributed by atoms with Crippen LogP contribution in [-0.2, 0) is 0 Å². The van der Waals surface area contributed by atoms with Crippen LogP contribution in [0.4, 0.5) is 8.78 Å². The lowest BCUT2D eigenvalue weighted by Gasteiger charge is -2.34. The van der Waals surface area contributed by atoms with Gasteiger partial charge in [-0.1, -0.05) is 24.3 Å². The third-order valence-electron chi connectivity index (χ3n) is 4.47. The highest BCUT2D eigenvalue weighted by molar-refractivity contribution is 5.85. The minimum atomic E-state index is -0.327. The molecule has 0 amide bonds. The molecule has 0 bridgehead atoms. The summed E-state index contributed by atoms with van der Waals surface area (Å²) < 4.78 is 38.0. The smallest absolute Gasteiger partial charge is 0.165 e. The Morgan fingerprint density at radius 3 is 1.36 bits per heavy atom. The molecule has 0 atom stereocenters. The molecule has 0 N–H and O–H groups in total. The first kappa shape index (κ1) is 24.4. The van der Waals surface area contributed by atoms with Gasteiger partial charge in [-0.25, -0.2) is 8.78 Å². The standard InChI is InChI=1S/C20H24F2N2O2.2ClH/c21-17-5-1-3-7-19(17)25-15-13-23-9-11-24(12-10-23)14-16-26-20-8-4-2-6-18(20)22;;/h1-8H,9-16H2;2*1H. The molecule has 156 valence electrons. The van der Waals surface area contributed by atoms with Crippen molar-refractivity contribution in [2.24, 2.45) is 0 Å². The highest BCUT2D eigenvalue weighted by atomic mass is 35.5. The maximum absolute atomic E-state index is 13.5. The second kappa shape index (κ2) is 12.8. The quantitative estimate of drug-likeness (QED) is 0.629. The molecule has 0 radical (unpaired) electrons. The van der Waals surface area contributed by atoms with E-state index in [4.69, 9.17) is 9.47 Å². The number of hydrogen-bond acceptors (Lipinski definition) is 4. The van der Waals surface area contributed by atoms with Gasteiger partial charge in [-0.15, -0.1) is 24.8 Å². The number of halogens is 4. The van der Waals surface area contributed by atoms with Crippen molar-refractivity contribution in [3.8, 4) is 11.5 Å². The van der Waals surface area contributed by atoms with E-state index in [1.54, 1.807) is 36.4 Å². The summed E-state index contributed by atoms with van der Waals surface area (Å²) in [5, 5.41) is 0. The van der Waals surface area contributed by atoms with E-state index in [9.17, 15) is 8.78 Å². The molecule has 0 saturated carbocycles. The Labute approximate surface area is 177 Å². The van der Waals surface area contributed by atoms with Crippen LogP contribution >= 0.6 is 24.8 Å². The Kier molecular flexibility index (Phi) is 11.2. The number of benzene rings is 2. The fourth-order valence-electron chi connectivity index (χ4n) is 2.93. The van der Waals surface area contributed by atoms with Crippen molar-refractivity contribution in [2.45, 2.75) is 0 Å². The van der Waals surface area contributed by atoms with E-state index in [0.29, 0.717) is 24.7 Å². The minimum Gasteiger partial charge on any atom is -0.489 e. The van der Waals surface area contributed by atoms with Crippen LogP contribution in [0.3, 0.4) is 0 Å². The maximum Gasteiger partial charge on any atom is 0.165 e. The van der Waals surface area contributed by atoms with Gasteiger partial charge in [-0.05, 0) is 24.3 Å².